The van der Waals surface area contributed by atoms with Crippen LogP contribution in [0, 0.1) is 0 Å². The Morgan fingerprint density at radius 1 is 1.35 bits per heavy atom. The third-order valence-corrected chi connectivity index (χ3v) is 3.98. The molecule has 1 aromatic heterocycles. The Morgan fingerprint density at radius 2 is 2.18 bits per heavy atom. The highest BCUT2D eigenvalue weighted by Crippen LogP contribution is 2.39. The number of aromatic nitrogens is 2. The van der Waals surface area contributed by atoms with Gasteiger partial charge in [-0.1, -0.05) is 18.5 Å². The van der Waals surface area contributed by atoms with Gasteiger partial charge in [0, 0.05) is 24.6 Å². The summed E-state index contributed by atoms with van der Waals surface area (Å²) in [6, 6.07) is 2.55. The standard InChI is InChI=1S/C13H18ClN3/c1-2-10-4-3-7-17(10)12-8-11(14)15-13(16-12)9-5-6-9/h8-10H,2-7H2,1H3. The SMILES string of the molecule is CCC1CCCN1c1cc(Cl)nc(C2CC2)n1. The zero-order chi connectivity index (χ0) is 11.8. The quantitative estimate of drug-likeness (QED) is 0.772. The number of hydrogen-bond acceptors (Lipinski definition) is 3. The number of anilines is 1. The molecule has 1 saturated heterocycles. The van der Waals surface area contributed by atoms with Crippen LogP contribution in [-0.2, 0) is 0 Å². The first-order chi connectivity index (χ1) is 8.28. The third-order valence-electron chi connectivity index (χ3n) is 3.78. The van der Waals surface area contributed by atoms with Crippen LogP contribution in [0.25, 0.3) is 0 Å². The number of nitrogens with zero attached hydrogens (tertiary/aromatic N) is 3. The van der Waals surface area contributed by atoms with Crippen LogP contribution in [0.3, 0.4) is 0 Å². The van der Waals surface area contributed by atoms with Crippen molar-refractivity contribution in [1.82, 2.24) is 9.97 Å². The van der Waals surface area contributed by atoms with Gasteiger partial charge in [-0.3, -0.25) is 0 Å². The van der Waals surface area contributed by atoms with Gasteiger partial charge in [0.05, 0.1) is 0 Å². The minimum atomic E-state index is 0.565. The summed E-state index contributed by atoms with van der Waals surface area (Å²) < 4.78 is 0. The highest BCUT2D eigenvalue weighted by Gasteiger charge is 2.29. The van der Waals surface area contributed by atoms with Crippen LogP contribution in [0.1, 0.15) is 50.8 Å². The maximum atomic E-state index is 6.11. The van der Waals surface area contributed by atoms with Gasteiger partial charge in [-0.25, -0.2) is 9.97 Å². The lowest BCUT2D eigenvalue weighted by atomic mass is 10.2. The van der Waals surface area contributed by atoms with Gasteiger partial charge in [-0.15, -0.1) is 0 Å². The molecule has 92 valence electrons. The average Bonchev–Trinajstić information content (AvgIpc) is 3.06. The lowest BCUT2D eigenvalue weighted by molar-refractivity contribution is 0.638. The van der Waals surface area contributed by atoms with E-state index in [-0.39, 0.29) is 0 Å². The molecule has 0 radical (unpaired) electrons. The van der Waals surface area contributed by atoms with Crippen molar-refractivity contribution in [1.29, 1.82) is 0 Å². The molecule has 0 aromatic carbocycles. The molecule has 0 N–H and O–H groups in total. The van der Waals surface area contributed by atoms with Crippen LogP contribution in [0.4, 0.5) is 5.82 Å². The molecule has 2 heterocycles. The van der Waals surface area contributed by atoms with Crippen molar-refractivity contribution in [2.24, 2.45) is 0 Å². The van der Waals surface area contributed by atoms with Crippen molar-refractivity contribution in [3.8, 4) is 0 Å². The van der Waals surface area contributed by atoms with Gasteiger partial charge >= 0.3 is 0 Å². The first-order valence-electron chi connectivity index (χ1n) is 6.59. The predicted molar refractivity (Wildman–Crippen MR) is 69.7 cm³/mol. The maximum absolute atomic E-state index is 6.11. The van der Waals surface area contributed by atoms with Crippen LogP contribution >= 0.6 is 11.6 Å². The van der Waals surface area contributed by atoms with Crippen molar-refractivity contribution >= 4 is 17.4 Å². The van der Waals surface area contributed by atoms with Crippen LogP contribution in [-0.4, -0.2) is 22.6 Å². The van der Waals surface area contributed by atoms with E-state index in [1.165, 1.54) is 32.1 Å². The first kappa shape index (κ1) is 11.3. The second-order valence-electron chi connectivity index (χ2n) is 5.08. The maximum Gasteiger partial charge on any atom is 0.135 e. The average molecular weight is 252 g/mol. The van der Waals surface area contributed by atoms with E-state index in [2.05, 4.69) is 16.8 Å². The largest absolute Gasteiger partial charge is 0.353 e. The monoisotopic (exact) mass is 251 g/mol. The van der Waals surface area contributed by atoms with E-state index in [0.29, 0.717) is 17.1 Å². The van der Waals surface area contributed by atoms with Crippen molar-refractivity contribution in [2.75, 3.05) is 11.4 Å². The van der Waals surface area contributed by atoms with E-state index in [9.17, 15) is 0 Å². The molecule has 2 aliphatic rings. The highest BCUT2D eigenvalue weighted by atomic mass is 35.5. The van der Waals surface area contributed by atoms with Gasteiger partial charge in [0.25, 0.3) is 0 Å². The summed E-state index contributed by atoms with van der Waals surface area (Å²) in [6.07, 6.45) is 6.16. The zero-order valence-corrected chi connectivity index (χ0v) is 11.0. The Bertz CT molecular complexity index is 417. The van der Waals surface area contributed by atoms with E-state index in [4.69, 9.17) is 16.6 Å². The van der Waals surface area contributed by atoms with Crippen LogP contribution in [0.5, 0.6) is 0 Å². The second-order valence-corrected chi connectivity index (χ2v) is 5.47. The van der Waals surface area contributed by atoms with E-state index in [1.54, 1.807) is 0 Å². The van der Waals surface area contributed by atoms with Gasteiger partial charge < -0.3 is 4.90 Å². The smallest absolute Gasteiger partial charge is 0.135 e. The molecule has 1 aliphatic carbocycles. The van der Waals surface area contributed by atoms with Crippen molar-refractivity contribution in [2.45, 2.75) is 51.0 Å². The highest BCUT2D eigenvalue weighted by molar-refractivity contribution is 6.29. The molecule has 1 aliphatic heterocycles. The minimum absolute atomic E-state index is 0.565. The Kier molecular flexibility index (Phi) is 2.95. The molecule has 2 fully saturated rings. The fourth-order valence-electron chi connectivity index (χ4n) is 2.66. The molecule has 0 bridgehead atoms. The van der Waals surface area contributed by atoms with Crippen LogP contribution in [0.2, 0.25) is 5.15 Å². The van der Waals surface area contributed by atoms with Gasteiger partial charge in [0.15, 0.2) is 0 Å². The Labute approximate surface area is 107 Å². The van der Waals surface area contributed by atoms with Gasteiger partial charge in [0.1, 0.15) is 16.8 Å². The number of rotatable bonds is 3. The molecular weight excluding hydrogens is 234 g/mol. The van der Waals surface area contributed by atoms with Crippen LogP contribution < -0.4 is 4.90 Å². The molecule has 3 nitrogen and oxygen atoms in total. The van der Waals surface area contributed by atoms with Crippen molar-refractivity contribution < 1.29 is 0 Å². The zero-order valence-electron chi connectivity index (χ0n) is 10.2. The summed E-state index contributed by atoms with van der Waals surface area (Å²) in [4.78, 5) is 11.5. The van der Waals surface area contributed by atoms with Gasteiger partial charge in [-0.05, 0) is 32.1 Å². The Hall–Kier alpha value is -0.830. The summed E-state index contributed by atoms with van der Waals surface area (Å²) >= 11 is 6.11. The van der Waals surface area contributed by atoms with Crippen LogP contribution in [0.15, 0.2) is 6.07 Å². The van der Waals surface area contributed by atoms with E-state index >= 15 is 0 Å². The van der Waals surface area contributed by atoms with Crippen molar-refractivity contribution in [3.63, 3.8) is 0 Å². The molecule has 1 saturated carbocycles. The normalized spacial score (nSPS) is 24.4. The molecular formula is C13H18ClN3. The molecule has 1 atom stereocenters. The van der Waals surface area contributed by atoms with E-state index in [0.717, 1.165) is 18.2 Å². The molecule has 4 heteroatoms. The summed E-state index contributed by atoms with van der Waals surface area (Å²) in [7, 11) is 0. The fraction of sp³-hybridized carbons (Fsp3) is 0.692. The number of hydrogen-bond donors (Lipinski definition) is 0. The summed E-state index contributed by atoms with van der Waals surface area (Å²) in [6.45, 7) is 3.35. The molecule has 1 unspecified atom stereocenters. The minimum Gasteiger partial charge on any atom is -0.353 e. The molecule has 1 aromatic rings. The van der Waals surface area contributed by atoms with Gasteiger partial charge in [-0.2, -0.15) is 0 Å². The third kappa shape index (κ3) is 2.25. The van der Waals surface area contributed by atoms with E-state index in [1.807, 2.05) is 6.07 Å². The fourth-order valence-corrected chi connectivity index (χ4v) is 2.84. The van der Waals surface area contributed by atoms with Crippen molar-refractivity contribution in [3.05, 3.63) is 17.0 Å². The predicted octanol–water partition coefficient (Wildman–Crippen LogP) is 3.39. The lowest BCUT2D eigenvalue weighted by Gasteiger charge is -2.25. The summed E-state index contributed by atoms with van der Waals surface area (Å²) in [5, 5.41) is 0.596. The van der Waals surface area contributed by atoms with Gasteiger partial charge in [0.2, 0.25) is 0 Å². The molecule has 3 rings (SSSR count). The topological polar surface area (TPSA) is 29.0 Å². The lowest BCUT2D eigenvalue weighted by Crippen LogP contribution is -2.29. The first-order valence-corrected chi connectivity index (χ1v) is 6.97. The summed E-state index contributed by atoms with van der Waals surface area (Å²) in [5.74, 6) is 2.56. The number of halogens is 1. The van der Waals surface area contributed by atoms with E-state index < -0.39 is 0 Å². The Morgan fingerprint density at radius 3 is 2.88 bits per heavy atom. The molecule has 0 amide bonds. The Balaban J connectivity index is 1.90. The molecule has 0 spiro atoms. The second kappa shape index (κ2) is 4.45. The molecule has 17 heavy (non-hydrogen) atoms. The summed E-state index contributed by atoms with van der Waals surface area (Å²) in [5.41, 5.74) is 0.